The fourth-order valence-corrected chi connectivity index (χ4v) is 5.75. The highest BCUT2D eigenvalue weighted by atomic mass is 32.1. The van der Waals surface area contributed by atoms with Gasteiger partial charge in [0.15, 0.2) is 5.13 Å². The van der Waals surface area contributed by atoms with Gasteiger partial charge in [-0.1, -0.05) is 12.1 Å². The van der Waals surface area contributed by atoms with Crippen molar-refractivity contribution in [3.8, 4) is 0 Å². The van der Waals surface area contributed by atoms with Crippen LogP contribution >= 0.6 is 11.3 Å². The molecule has 0 aliphatic carbocycles. The van der Waals surface area contributed by atoms with Crippen molar-refractivity contribution in [1.29, 1.82) is 0 Å². The summed E-state index contributed by atoms with van der Waals surface area (Å²) in [4.78, 5) is 33.4. The molecule has 4 heterocycles. The van der Waals surface area contributed by atoms with E-state index in [4.69, 9.17) is 0 Å². The lowest BCUT2D eigenvalue weighted by Crippen LogP contribution is -2.47. The molecule has 1 spiro atoms. The molecule has 31 heavy (non-hydrogen) atoms. The summed E-state index contributed by atoms with van der Waals surface area (Å²) in [5, 5.41) is 11.9. The van der Waals surface area contributed by atoms with Crippen molar-refractivity contribution in [2.75, 3.05) is 60.9 Å². The monoisotopic (exact) mass is 440 g/mol. The number of carbonyl (C=O) groups excluding carboxylic acids is 2. The number of amides is 2. The summed E-state index contributed by atoms with van der Waals surface area (Å²) in [6.07, 6.45) is 3.65. The van der Waals surface area contributed by atoms with Gasteiger partial charge in [-0.2, -0.15) is 0 Å². The maximum Gasteiger partial charge on any atom is 0.275 e. The first-order chi connectivity index (χ1) is 15.1. The molecule has 1 unspecified atom stereocenters. The summed E-state index contributed by atoms with van der Waals surface area (Å²) in [5.74, 6) is -0.233. The van der Waals surface area contributed by atoms with Crippen molar-refractivity contribution in [2.24, 2.45) is 5.41 Å². The van der Waals surface area contributed by atoms with Crippen molar-refractivity contribution in [2.45, 2.75) is 19.3 Å². The first-order valence-corrected chi connectivity index (χ1v) is 11.8. The number of aromatic nitrogens is 1. The third-order valence-corrected chi connectivity index (χ3v) is 7.42. The smallest absolute Gasteiger partial charge is 0.275 e. The number of nitrogens with zero attached hydrogens (tertiary/aromatic N) is 3. The SMILES string of the molecule is O=C1CN(c2nc(C(=O)Nc3ccccc3N3CCCC4(CCNC4)C3)cs2)CCN1. The molecular formula is C22H28N6O2S. The molecule has 0 saturated carbocycles. The summed E-state index contributed by atoms with van der Waals surface area (Å²) < 4.78 is 0. The quantitative estimate of drug-likeness (QED) is 0.673. The Balaban J connectivity index is 1.31. The summed E-state index contributed by atoms with van der Waals surface area (Å²) in [6.45, 7) is 5.78. The molecule has 5 rings (SSSR count). The Kier molecular flexibility index (Phi) is 5.54. The number of piperazine rings is 1. The van der Waals surface area contributed by atoms with E-state index in [-0.39, 0.29) is 18.4 Å². The van der Waals surface area contributed by atoms with Crippen molar-refractivity contribution in [1.82, 2.24) is 15.6 Å². The highest BCUT2D eigenvalue weighted by Crippen LogP contribution is 2.39. The molecule has 3 saturated heterocycles. The van der Waals surface area contributed by atoms with Crippen LogP contribution < -0.4 is 25.8 Å². The van der Waals surface area contributed by atoms with Gasteiger partial charge in [0.2, 0.25) is 5.91 Å². The Hall–Kier alpha value is -2.65. The fraction of sp³-hybridized carbons (Fsp3) is 0.500. The average Bonchev–Trinajstić information content (AvgIpc) is 3.45. The molecule has 0 radical (unpaired) electrons. The summed E-state index contributed by atoms with van der Waals surface area (Å²) >= 11 is 1.40. The van der Waals surface area contributed by atoms with Gasteiger partial charge in [-0.15, -0.1) is 11.3 Å². The van der Waals surface area contributed by atoms with E-state index in [1.54, 1.807) is 5.38 Å². The average molecular weight is 441 g/mol. The summed E-state index contributed by atoms with van der Waals surface area (Å²) in [5.41, 5.74) is 2.63. The molecule has 0 bridgehead atoms. The number of nitrogens with one attached hydrogen (secondary N) is 3. The number of hydrogen-bond acceptors (Lipinski definition) is 7. The number of thiazole rings is 1. The van der Waals surface area contributed by atoms with E-state index in [0.717, 1.165) is 37.6 Å². The second-order valence-corrected chi connectivity index (χ2v) is 9.55. The van der Waals surface area contributed by atoms with Crippen molar-refractivity contribution >= 4 is 39.7 Å². The van der Waals surface area contributed by atoms with Gasteiger partial charge in [0.05, 0.1) is 17.9 Å². The van der Waals surface area contributed by atoms with Crippen LogP contribution in [-0.2, 0) is 4.79 Å². The first kappa shape index (κ1) is 20.3. The maximum absolute atomic E-state index is 13.0. The zero-order valence-corrected chi connectivity index (χ0v) is 18.3. The van der Waals surface area contributed by atoms with E-state index in [1.165, 1.54) is 30.6 Å². The predicted molar refractivity (Wildman–Crippen MR) is 123 cm³/mol. The number of para-hydroxylation sites is 2. The molecule has 2 aromatic rings. The second kappa shape index (κ2) is 8.47. The third kappa shape index (κ3) is 4.24. The van der Waals surface area contributed by atoms with Crippen LogP contribution in [0.1, 0.15) is 29.8 Å². The molecular weight excluding hydrogens is 412 g/mol. The van der Waals surface area contributed by atoms with Crippen LogP contribution in [0.25, 0.3) is 0 Å². The summed E-state index contributed by atoms with van der Waals surface area (Å²) in [7, 11) is 0. The molecule has 3 fully saturated rings. The number of hydrogen-bond donors (Lipinski definition) is 3. The lowest BCUT2D eigenvalue weighted by Gasteiger charge is -2.41. The van der Waals surface area contributed by atoms with Gasteiger partial charge in [-0.05, 0) is 37.9 Å². The molecule has 2 amide bonds. The first-order valence-electron chi connectivity index (χ1n) is 11.0. The lowest BCUT2D eigenvalue weighted by atomic mass is 9.79. The predicted octanol–water partition coefficient (Wildman–Crippen LogP) is 1.91. The minimum absolute atomic E-state index is 0.0156. The number of piperidine rings is 1. The minimum atomic E-state index is -0.217. The van der Waals surface area contributed by atoms with Crippen molar-refractivity contribution in [3.05, 3.63) is 35.3 Å². The van der Waals surface area contributed by atoms with Crippen molar-refractivity contribution in [3.63, 3.8) is 0 Å². The van der Waals surface area contributed by atoms with Crippen LogP contribution in [0.2, 0.25) is 0 Å². The van der Waals surface area contributed by atoms with Crippen LogP contribution in [0, 0.1) is 5.41 Å². The molecule has 1 aromatic carbocycles. The van der Waals surface area contributed by atoms with Gasteiger partial charge in [0.1, 0.15) is 5.69 Å². The van der Waals surface area contributed by atoms with E-state index in [2.05, 4.69) is 31.9 Å². The minimum Gasteiger partial charge on any atom is -0.369 e. The zero-order valence-electron chi connectivity index (χ0n) is 17.5. The molecule has 1 atom stereocenters. The largest absolute Gasteiger partial charge is 0.369 e. The van der Waals surface area contributed by atoms with E-state index in [0.29, 0.717) is 29.3 Å². The van der Waals surface area contributed by atoms with E-state index < -0.39 is 0 Å². The van der Waals surface area contributed by atoms with Crippen LogP contribution in [0.4, 0.5) is 16.5 Å². The normalized spacial score (nSPS) is 23.8. The molecule has 3 N–H and O–H groups in total. The van der Waals surface area contributed by atoms with Gasteiger partial charge in [0, 0.05) is 43.5 Å². The van der Waals surface area contributed by atoms with Gasteiger partial charge in [-0.3, -0.25) is 9.59 Å². The second-order valence-electron chi connectivity index (χ2n) is 8.71. The van der Waals surface area contributed by atoms with Gasteiger partial charge < -0.3 is 25.8 Å². The van der Waals surface area contributed by atoms with Gasteiger partial charge >= 0.3 is 0 Å². The van der Waals surface area contributed by atoms with Crippen LogP contribution in [-0.4, -0.2) is 62.6 Å². The van der Waals surface area contributed by atoms with Gasteiger partial charge in [-0.25, -0.2) is 4.98 Å². The topological polar surface area (TPSA) is 89.6 Å². The Labute approximate surface area is 186 Å². The molecule has 3 aliphatic rings. The van der Waals surface area contributed by atoms with E-state index >= 15 is 0 Å². The Morgan fingerprint density at radius 2 is 2.06 bits per heavy atom. The molecule has 9 heteroatoms. The standard InChI is InChI=1S/C22H28N6O2S/c29-19-12-27(11-9-24-19)21-26-17(13-31-21)20(30)25-16-4-1-2-5-18(16)28-10-3-6-22(15-28)7-8-23-14-22/h1-2,4-5,13,23H,3,6-12,14-15H2,(H,24,29)(H,25,30). The lowest BCUT2D eigenvalue weighted by molar-refractivity contribution is -0.120. The van der Waals surface area contributed by atoms with Crippen LogP contribution in [0.15, 0.2) is 29.6 Å². The van der Waals surface area contributed by atoms with E-state index in [9.17, 15) is 9.59 Å². The summed E-state index contributed by atoms with van der Waals surface area (Å²) in [6, 6.07) is 8.04. The Morgan fingerprint density at radius 1 is 1.16 bits per heavy atom. The molecule has 164 valence electrons. The number of rotatable bonds is 4. The highest BCUT2D eigenvalue weighted by molar-refractivity contribution is 7.14. The molecule has 3 aliphatic heterocycles. The van der Waals surface area contributed by atoms with Crippen LogP contribution in [0.5, 0.6) is 0 Å². The number of benzene rings is 1. The maximum atomic E-state index is 13.0. The van der Waals surface area contributed by atoms with E-state index in [1.807, 2.05) is 23.1 Å². The van der Waals surface area contributed by atoms with Crippen LogP contribution in [0.3, 0.4) is 0 Å². The molecule has 8 nitrogen and oxygen atoms in total. The number of anilines is 3. The number of carbonyl (C=O) groups is 2. The fourth-order valence-electron chi connectivity index (χ4n) is 4.91. The Bertz CT molecular complexity index is 970. The van der Waals surface area contributed by atoms with Gasteiger partial charge in [0.25, 0.3) is 5.91 Å². The van der Waals surface area contributed by atoms with Crippen molar-refractivity contribution < 1.29 is 9.59 Å². The molecule has 1 aromatic heterocycles. The third-order valence-electron chi connectivity index (χ3n) is 6.52. The zero-order chi connectivity index (χ0) is 21.3. The Morgan fingerprint density at radius 3 is 2.90 bits per heavy atom. The highest BCUT2D eigenvalue weighted by Gasteiger charge is 2.38.